The van der Waals surface area contributed by atoms with Gasteiger partial charge in [-0.1, -0.05) is 29.3 Å². The molecule has 0 amide bonds. The zero-order chi connectivity index (χ0) is 12.4. The van der Waals surface area contributed by atoms with Gasteiger partial charge in [0.15, 0.2) is 0 Å². The predicted octanol–water partition coefficient (Wildman–Crippen LogP) is 4.15. The van der Waals surface area contributed by atoms with Crippen molar-refractivity contribution < 1.29 is 5.11 Å². The maximum absolute atomic E-state index is 10.1. The standard InChI is InChI=1S/C12H11Cl2NOS/c1-15-5-8-6-17-12(11(8)16)7-2-3-9(13)10(14)4-7/h2-4,6,15-16H,5H2,1H3. The van der Waals surface area contributed by atoms with Crippen LogP contribution in [0.1, 0.15) is 5.56 Å². The Bertz CT molecular complexity index is 539. The number of aromatic hydroxyl groups is 1. The van der Waals surface area contributed by atoms with Gasteiger partial charge in [0.05, 0.1) is 14.9 Å². The van der Waals surface area contributed by atoms with Gasteiger partial charge in [0.2, 0.25) is 0 Å². The molecule has 2 aromatic rings. The molecule has 0 radical (unpaired) electrons. The van der Waals surface area contributed by atoms with Crippen molar-refractivity contribution in [2.75, 3.05) is 7.05 Å². The van der Waals surface area contributed by atoms with Gasteiger partial charge in [-0.3, -0.25) is 0 Å². The highest BCUT2D eigenvalue weighted by Crippen LogP contribution is 2.40. The predicted molar refractivity (Wildman–Crippen MR) is 74.2 cm³/mol. The van der Waals surface area contributed by atoms with Crippen LogP contribution >= 0.6 is 34.5 Å². The smallest absolute Gasteiger partial charge is 0.138 e. The van der Waals surface area contributed by atoms with Crippen molar-refractivity contribution in [2.45, 2.75) is 6.54 Å². The molecule has 0 unspecified atom stereocenters. The highest BCUT2D eigenvalue weighted by Gasteiger charge is 2.12. The molecule has 1 aromatic carbocycles. The van der Waals surface area contributed by atoms with E-state index in [2.05, 4.69) is 5.32 Å². The number of nitrogens with one attached hydrogen (secondary N) is 1. The lowest BCUT2D eigenvalue weighted by Crippen LogP contribution is -2.03. The average molecular weight is 288 g/mol. The first-order valence-electron chi connectivity index (χ1n) is 5.03. The van der Waals surface area contributed by atoms with Crippen molar-refractivity contribution in [3.05, 3.63) is 39.2 Å². The van der Waals surface area contributed by atoms with E-state index < -0.39 is 0 Å². The second kappa shape index (κ2) is 5.27. The molecule has 5 heteroatoms. The van der Waals surface area contributed by atoms with Crippen LogP contribution in [0.2, 0.25) is 10.0 Å². The van der Waals surface area contributed by atoms with E-state index in [0.717, 1.165) is 16.0 Å². The van der Waals surface area contributed by atoms with Crippen LogP contribution < -0.4 is 5.32 Å². The van der Waals surface area contributed by atoms with Crippen LogP contribution in [0.3, 0.4) is 0 Å². The minimum atomic E-state index is 0.308. The summed E-state index contributed by atoms with van der Waals surface area (Å²) in [5, 5.41) is 16.0. The van der Waals surface area contributed by atoms with Gasteiger partial charge < -0.3 is 10.4 Å². The Kier molecular flexibility index (Phi) is 3.94. The third-order valence-electron chi connectivity index (χ3n) is 2.39. The van der Waals surface area contributed by atoms with E-state index in [9.17, 15) is 5.11 Å². The fraction of sp³-hybridized carbons (Fsp3) is 0.167. The molecule has 2 nitrogen and oxygen atoms in total. The average Bonchev–Trinajstić information content (AvgIpc) is 2.66. The van der Waals surface area contributed by atoms with E-state index in [1.165, 1.54) is 11.3 Å². The molecule has 0 aliphatic rings. The van der Waals surface area contributed by atoms with E-state index >= 15 is 0 Å². The number of hydrogen-bond donors (Lipinski definition) is 2. The number of hydrogen-bond acceptors (Lipinski definition) is 3. The first-order chi connectivity index (χ1) is 8.13. The topological polar surface area (TPSA) is 32.3 Å². The monoisotopic (exact) mass is 287 g/mol. The molecule has 2 rings (SSSR count). The highest BCUT2D eigenvalue weighted by molar-refractivity contribution is 7.14. The van der Waals surface area contributed by atoms with Gasteiger partial charge in [0.1, 0.15) is 5.75 Å². The van der Waals surface area contributed by atoms with Crippen LogP contribution in [0.15, 0.2) is 23.6 Å². The van der Waals surface area contributed by atoms with Gasteiger partial charge in [0.25, 0.3) is 0 Å². The third kappa shape index (κ3) is 2.58. The van der Waals surface area contributed by atoms with E-state index in [-0.39, 0.29) is 0 Å². The Labute approximate surface area is 114 Å². The molecular formula is C12H11Cl2NOS. The van der Waals surface area contributed by atoms with Gasteiger partial charge in [-0.2, -0.15) is 0 Å². The summed E-state index contributed by atoms with van der Waals surface area (Å²) >= 11 is 13.3. The molecular weight excluding hydrogens is 277 g/mol. The number of thiophene rings is 1. The lowest BCUT2D eigenvalue weighted by atomic mass is 10.1. The van der Waals surface area contributed by atoms with Crippen LogP contribution in [0.4, 0.5) is 0 Å². The maximum atomic E-state index is 10.1. The first kappa shape index (κ1) is 12.7. The lowest BCUT2D eigenvalue weighted by Gasteiger charge is -2.03. The quantitative estimate of drug-likeness (QED) is 0.889. The second-order valence-electron chi connectivity index (χ2n) is 3.60. The first-order valence-corrected chi connectivity index (χ1v) is 6.66. The molecule has 1 heterocycles. The summed E-state index contributed by atoms with van der Waals surface area (Å²) in [6.07, 6.45) is 0. The SMILES string of the molecule is CNCc1csc(-c2ccc(Cl)c(Cl)c2)c1O. The Hall–Kier alpha value is -0.740. The summed E-state index contributed by atoms with van der Waals surface area (Å²) in [5.41, 5.74) is 1.77. The molecule has 0 aliphatic heterocycles. The maximum Gasteiger partial charge on any atom is 0.138 e. The van der Waals surface area contributed by atoms with Gasteiger partial charge in [-0.15, -0.1) is 11.3 Å². The molecule has 0 bridgehead atoms. The minimum Gasteiger partial charge on any atom is -0.506 e. The summed E-state index contributed by atoms with van der Waals surface area (Å²) in [6, 6.07) is 5.34. The van der Waals surface area contributed by atoms with Crippen LogP contribution in [0, 0.1) is 0 Å². The van der Waals surface area contributed by atoms with Gasteiger partial charge in [-0.25, -0.2) is 0 Å². The van der Waals surface area contributed by atoms with Crippen LogP contribution in [0.25, 0.3) is 10.4 Å². The Morgan fingerprint density at radius 2 is 2.06 bits per heavy atom. The molecule has 90 valence electrons. The fourth-order valence-electron chi connectivity index (χ4n) is 1.55. The van der Waals surface area contributed by atoms with Gasteiger partial charge >= 0.3 is 0 Å². The highest BCUT2D eigenvalue weighted by atomic mass is 35.5. The molecule has 0 fully saturated rings. The van der Waals surface area contributed by atoms with E-state index in [4.69, 9.17) is 23.2 Å². The Morgan fingerprint density at radius 3 is 2.71 bits per heavy atom. The molecule has 0 saturated heterocycles. The van der Waals surface area contributed by atoms with Crippen LogP contribution in [0.5, 0.6) is 5.75 Å². The normalized spacial score (nSPS) is 10.8. The molecule has 0 aliphatic carbocycles. The van der Waals surface area contributed by atoms with Crippen molar-refractivity contribution in [1.82, 2.24) is 5.32 Å². The Morgan fingerprint density at radius 1 is 1.29 bits per heavy atom. The minimum absolute atomic E-state index is 0.308. The molecule has 0 atom stereocenters. The zero-order valence-electron chi connectivity index (χ0n) is 9.13. The van der Waals surface area contributed by atoms with E-state index in [1.807, 2.05) is 18.5 Å². The van der Waals surface area contributed by atoms with Gasteiger partial charge in [-0.05, 0) is 30.1 Å². The lowest BCUT2D eigenvalue weighted by molar-refractivity contribution is 0.471. The summed E-state index contributed by atoms with van der Waals surface area (Å²) in [6.45, 7) is 0.643. The van der Waals surface area contributed by atoms with Gasteiger partial charge in [0, 0.05) is 12.1 Å². The summed E-state index contributed by atoms with van der Waals surface area (Å²) in [5.74, 6) is 0.308. The van der Waals surface area contributed by atoms with Crippen LogP contribution in [-0.2, 0) is 6.54 Å². The summed E-state index contributed by atoms with van der Waals surface area (Å²) < 4.78 is 0. The largest absolute Gasteiger partial charge is 0.506 e. The fourth-order valence-corrected chi connectivity index (χ4v) is 2.80. The summed E-state index contributed by atoms with van der Waals surface area (Å²) in [4.78, 5) is 0.814. The van der Waals surface area contributed by atoms with Crippen LogP contribution in [-0.4, -0.2) is 12.2 Å². The number of halogens is 2. The molecule has 0 spiro atoms. The van der Waals surface area contributed by atoms with E-state index in [1.54, 1.807) is 12.1 Å². The van der Waals surface area contributed by atoms with Crippen molar-refractivity contribution in [1.29, 1.82) is 0 Å². The molecule has 17 heavy (non-hydrogen) atoms. The van der Waals surface area contributed by atoms with Crippen molar-refractivity contribution >= 4 is 34.5 Å². The molecule has 1 aromatic heterocycles. The van der Waals surface area contributed by atoms with Crippen molar-refractivity contribution in [2.24, 2.45) is 0 Å². The number of rotatable bonds is 3. The zero-order valence-corrected chi connectivity index (χ0v) is 11.5. The summed E-state index contributed by atoms with van der Waals surface area (Å²) in [7, 11) is 1.84. The second-order valence-corrected chi connectivity index (χ2v) is 5.29. The van der Waals surface area contributed by atoms with Crippen molar-refractivity contribution in [3.8, 4) is 16.2 Å². The van der Waals surface area contributed by atoms with Crippen molar-refractivity contribution in [3.63, 3.8) is 0 Å². The van der Waals surface area contributed by atoms with E-state index in [0.29, 0.717) is 22.3 Å². The number of benzene rings is 1. The molecule has 2 N–H and O–H groups in total. The Balaban J connectivity index is 2.42. The third-order valence-corrected chi connectivity index (χ3v) is 4.19. The molecule has 0 saturated carbocycles.